The van der Waals surface area contributed by atoms with Crippen molar-refractivity contribution in [2.75, 3.05) is 18.5 Å². The summed E-state index contributed by atoms with van der Waals surface area (Å²) in [6, 6.07) is 0. The predicted octanol–water partition coefficient (Wildman–Crippen LogP) is 4.40. The van der Waals surface area contributed by atoms with E-state index in [-0.39, 0.29) is 11.2 Å². The van der Waals surface area contributed by atoms with Gasteiger partial charge in [0.05, 0.1) is 12.9 Å². The maximum atomic E-state index is 12.5. The number of imidazole rings is 1. The summed E-state index contributed by atoms with van der Waals surface area (Å²) in [5.41, 5.74) is -0.0243. The van der Waals surface area contributed by atoms with Crippen LogP contribution in [0.15, 0.2) is 11.1 Å². The molecule has 0 amide bonds. The molecule has 1 fully saturated rings. The maximum Gasteiger partial charge on any atom is 0.280 e. The van der Waals surface area contributed by atoms with Gasteiger partial charge in [0.15, 0.2) is 17.4 Å². The summed E-state index contributed by atoms with van der Waals surface area (Å²) in [6.07, 6.45) is 18.0. The lowest BCUT2D eigenvalue weighted by Gasteiger charge is -2.16. The lowest BCUT2D eigenvalue weighted by atomic mass is 10.0. The number of aliphatic hydroxyl groups is 3. The van der Waals surface area contributed by atoms with Gasteiger partial charge in [0.25, 0.3) is 5.56 Å². The van der Waals surface area contributed by atoms with E-state index in [9.17, 15) is 20.1 Å². The number of hydrogen-bond donors (Lipinski definition) is 5. The highest BCUT2D eigenvalue weighted by Gasteiger charge is 2.44. The van der Waals surface area contributed by atoms with Gasteiger partial charge in [-0.3, -0.25) is 14.3 Å². The van der Waals surface area contributed by atoms with Gasteiger partial charge in [-0.05, 0) is 6.42 Å². The lowest BCUT2D eigenvalue weighted by Crippen LogP contribution is -2.33. The number of rotatable bonds is 20. The first kappa shape index (κ1) is 30.5. The van der Waals surface area contributed by atoms with Crippen molar-refractivity contribution in [3.8, 4) is 0 Å². The normalized spacial score (nSPS) is 21.5. The van der Waals surface area contributed by atoms with E-state index in [1.54, 1.807) is 0 Å². The van der Waals surface area contributed by atoms with Crippen LogP contribution in [0.3, 0.4) is 0 Å². The minimum Gasteiger partial charge on any atom is -0.394 e. The Labute approximate surface area is 226 Å². The van der Waals surface area contributed by atoms with Gasteiger partial charge >= 0.3 is 0 Å². The Morgan fingerprint density at radius 2 is 1.45 bits per heavy atom. The van der Waals surface area contributed by atoms with E-state index in [1.807, 2.05) is 0 Å². The van der Waals surface area contributed by atoms with Crippen LogP contribution in [-0.4, -0.2) is 66.3 Å². The van der Waals surface area contributed by atoms with Crippen LogP contribution in [0.1, 0.15) is 116 Å². The number of aliphatic hydroxyl groups excluding tert-OH is 3. The van der Waals surface area contributed by atoms with Crippen molar-refractivity contribution in [2.24, 2.45) is 0 Å². The molecule has 1 saturated heterocycles. The molecular formula is C28H49N5O5. The number of aromatic nitrogens is 4. The van der Waals surface area contributed by atoms with Crippen molar-refractivity contribution >= 4 is 17.1 Å². The predicted molar refractivity (Wildman–Crippen MR) is 149 cm³/mol. The van der Waals surface area contributed by atoms with E-state index in [4.69, 9.17) is 4.74 Å². The van der Waals surface area contributed by atoms with Crippen LogP contribution in [0.5, 0.6) is 0 Å². The van der Waals surface area contributed by atoms with Crippen LogP contribution in [0, 0.1) is 0 Å². The molecule has 3 heterocycles. The molecule has 0 saturated carbocycles. The molecule has 3 rings (SSSR count). The number of aromatic amines is 1. The number of ether oxygens (including phenoxy) is 1. The van der Waals surface area contributed by atoms with Crippen molar-refractivity contribution in [1.29, 1.82) is 0 Å². The van der Waals surface area contributed by atoms with Crippen molar-refractivity contribution in [3.05, 3.63) is 16.7 Å². The van der Waals surface area contributed by atoms with Gasteiger partial charge in [-0.25, -0.2) is 4.98 Å². The van der Waals surface area contributed by atoms with Crippen LogP contribution >= 0.6 is 0 Å². The molecule has 2 aromatic heterocycles. The number of nitrogens with zero attached hydrogens (tertiary/aromatic N) is 3. The molecule has 38 heavy (non-hydrogen) atoms. The molecule has 0 aliphatic carbocycles. The second kappa shape index (κ2) is 16.8. The topological polar surface area (TPSA) is 146 Å². The first-order valence-corrected chi connectivity index (χ1v) is 14.9. The van der Waals surface area contributed by atoms with Crippen LogP contribution in [-0.2, 0) is 4.74 Å². The van der Waals surface area contributed by atoms with Crippen molar-refractivity contribution in [2.45, 2.75) is 134 Å². The molecule has 5 N–H and O–H groups in total. The third kappa shape index (κ3) is 9.03. The molecule has 0 unspecified atom stereocenters. The molecular weight excluding hydrogens is 486 g/mol. The number of unbranched alkanes of at least 4 members (excludes halogenated alkanes) is 15. The average Bonchev–Trinajstić information content (AvgIpc) is 3.46. The summed E-state index contributed by atoms with van der Waals surface area (Å²) in [5.74, 6) is 0.331. The monoisotopic (exact) mass is 535 g/mol. The zero-order valence-electron chi connectivity index (χ0n) is 23.1. The zero-order valence-corrected chi connectivity index (χ0v) is 23.1. The van der Waals surface area contributed by atoms with Gasteiger partial charge in [0, 0.05) is 6.54 Å². The summed E-state index contributed by atoms with van der Waals surface area (Å²) < 4.78 is 6.99. The van der Waals surface area contributed by atoms with Crippen molar-refractivity contribution < 1.29 is 20.1 Å². The third-order valence-electron chi connectivity index (χ3n) is 7.55. The summed E-state index contributed by atoms with van der Waals surface area (Å²) in [6.45, 7) is 2.53. The number of fused-ring (bicyclic) bond motifs is 1. The fourth-order valence-electron chi connectivity index (χ4n) is 5.19. The second-order valence-electron chi connectivity index (χ2n) is 10.7. The van der Waals surface area contributed by atoms with E-state index in [2.05, 4.69) is 27.2 Å². The molecule has 216 valence electrons. The summed E-state index contributed by atoms with van der Waals surface area (Å²) >= 11 is 0. The Hall–Kier alpha value is -2.01. The SMILES string of the molecule is CCCCCCCCCCCCCCCCCCNc1nc2c(ncn2[C@@H]2O[C@H](CO)[C@@H](O)[C@H]2O)c(=O)[nH]1. The Morgan fingerprint density at radius 1 is 0.895 bits per heavy atom. The molecule has 10 nitrogen and oxygen atoms in total. The minimum absolute atomic E-state index is 0.121. The van der Waals surface area contributed by atoms with E-state index < -0.39 is 36.7 Å². The highest BCUT2D eigenvalue weighted by atomic mass is 16.6. The first-order chi connectivity index (χ1) is 18.6. The molecule has 10 heteroatoms. The molecule has 4 atom stereocenters. The number of hydrogen-bond acceptors (Lipinski definition) is 8. The minimum atomic E-state index is -1.27. The summed E-state index contributed by atoms with van der Waals surface area (Å²) in [4.78, 5) is 23.7. The molecule has 0 radical (unpaired) electrons. The molecule has 1 aliphatic rings. The fraction of sp³-hybridized carbons (Fsp3) is 0.821. The fourth-order valence-corrected chi connectivity index (χ4v) is 5.19. The molecule has 0 aromatic carbocycles. The van der Waals surface area contributed by atoms with E-state index >= 15 is 0 Å². The highest BCUT2D eigenvalue weighted by Crippen LogP contribution is 2.30. The van der Waals surface area contributed by atoms with Gasteiger partial charge in [-0.1, -0.05) is 103 Å². The number of H-pyrrole nitrogens is 1. The number of anilines is 1. The van der Waals surface area contributed by atoms with Gasteiger partial charge in [0.2, 0.25) is 5.95 Å². The maximum absolute atomic E-state index is 12.5. The van der Waals surface area contributed by atoms with Crippen LogP contribution in [0.25, 0.3) is 11.2 Å². The smallest absolute Gasteiger partial charge is 0.280 e. The van der Waals surface area contributed by atoms with Crippen LogP contribution in [0.2, 0.25) is 0 Å². The first-order valence-electron chi connectivity index (χ1n) is 14.9. The van der Waals surface area contributed by atoms with Gasteiger partial charge in [0.1, 0.15) is 18.3 Å². The number of nitrogens with one attached hydrogen (secondary N) is 2. The van der Waals surface area contributed by atoms with E-state index in [1.165, 1.54) is 101 Å². The Bertz CT molecular complexity index is 980. The van der Waals surface area contributed by atoms with Crippen molar-refractivity contribution in [3.63, 3.8) is 0 Å². The largest absolute Gasteiger partial charge is 0.394 e. The quantitative estimate of drug-likeness (QED) is 0.157. The summed E-state index contributed by atoms with van der Waals surface area (Å²) in [5, 5.41) is 32.9. The van der Waals surface area contributed by atoms with Gasteiger partial charge in [-0.2, -0.15) is 4.98 Å². The van der Waals surface area contributed by atoms with Gasteiger partial charge < -0.3 is 25.4 Å². The van der Waals surface area contributed by atoms with E-state index in [0.29, 0.717) is 12.5 Å². The van der Waals surface area contributed by atoms with E-state index in [0.717, 1.165) is 12.8 Å². The Morgan fingerprint density at radius 3 is 1.97 bits per heavy atom. The third-order valence-corrected chi connectivity index (χ3v) is 7.55. The van der Waals surface area contributed by atoms with Gasteiger partial charge in [-0.15, -0.1) is 0 Å². The lowest BCUT2D eigenvalue weighted by molar-refractivity contribution is -0.0511. The second-order valence-corrected chi connectivity index (χ2v) is 10.7. The van der Waals surface area contributed by atoms with Crippen LogP contribution in [0.4, 0.5) is 5.95 Å². The Kier molecular flexibility index (Phi) is 13.5. The average molecular weight is 536 g/mol. The highest BCUT2D eigenvalue weighted by molar-refractivity contribution is 5.70. The molecule has 2 aromatic rings. The molecule has 0 spiro atoms. The Balaban J connectivity index is 1.27. The van der Waals surface area contributed by atoms with Crippen LogP contribution < -0.4 is 10.9 Å². The molecule has 0 bridgehead atoms. The summed E-state index contributed by atoms with van der Waals surface area (Å²) in [7, 11) is 0. The zero-order chi connectivity index (χ0) is 27.2. The standard InChI is InChI=1S/C28H49N5O5/c1-2-3-4-5-6-7-8-9-10-11-12-13-14-15-16-17-18-29-28-31-25-22(26(37)32-28)30-20-33(25)27-24(36)23(35)21(19-34)38-27/h20-21,23-24,27,34-36H,2-19H2,1H3,(H2,29,31,32,37)/t21-,23-,24-,27-/m1/s1. The molecule has 1 aliphatic heterocycles. The van der Waals surface area contributed by atoms with Crippen molar-refractivity contribution in [1.82, 2.24) is 19.5 Å².